The lowest BCUT2D eigenvalue weighted by atomic mass is 9.94. The Labute approximate surface area is 132 Å². The molecule has 0 spiro atoms. The van der Waals surface area contributed by atoms with Crippen molar-refractivity contribution in [2.45, 2.75) is 39.3 Å². The predicted molar refractivity (Wildman–Crippen MR) is 86.5 cm³/mol. The van der Waals surface area contributed by atoms with E-state index in [1.807, 2.05) is 43.9 Å². The van der Waals surface area contributed by atoms with Crippen molar-refractivity contribution >= 4 is 5.91 Å². The molecule has 1 saturated heterocycles. The zero-order valence-electron chi connectivity index (χ0n) is 13.7. The summed E-state index contributed by atoms with van der Waals surface area (Å²) in [5.74, 6) is 0.224. The monoisotopic (exact) mass is 302 g/mol. The fourth-order valence-corrected chi connectivity index (χ4v) is 3.61. The molecule has 2 aliphatic rings. The lowest BCUT2D eigenvalue weighted by Crippen LogP contribution is -2.54. The average molecular weight is 302 g/mol. The summed E-state index contributed by atoms with van der Waals surface area (Å²) in [6.07, 6.45) is 0.506. The van der Waals surface area contributed by atoms with Crippen molar-refractivity contribution in [2.75, 3.05) is 26.2 Å². The standard InChI is InChI=1S/C18H26N2O2/c1-18(2,3)17(22)20-10-8-19(9-11-20)15-12-13-6-4-5-7-14(13)16(15)21/h4-7,15-16,21H,8-12H2,1-3H3. The molecule has 1 aliphatic heterocycles. The van der Waals surface area contributed by atoms with Crippen LogP contribution in [0.15, 0.2) is 24.3 Å². The molecule has 4 nitrogen and oxygen atoms in total. The van der Waals surface area contributed by atoms with Crippen LogP contribution in [0.3, 0.4) is 0 Å². The topological polar surface area (TPSA) is 43.8 Å². The summed E-state index contributed by atoms with van der Waals surface area (Å²) in [6.45, 7) is 9.12. The van der Waals surface area contributed by atoms with Gasteiger partial charge >= 0.3 is 0 Å². The molecule has 1 amide bonds. The van der Waals surface area contributed by atoms with Crippen LogP contribution in [0, 0.1) is 5.41 Å². The Kier molecular flexibility index (Phi) is 4.00. The highest BCUT2D eigenvalue weighted by atomic mass is 16.3. The summed E-state index contributed by atoms with van der Waals surface area (Å²) in [6, 6.07) is 8.32. The first-order valence-electron chi connectivity index (χ1n) is 8.17. The molecule has 4 heteroatoms. The van der Waals surface area contributed by atoms with E-state index in [0.29, 0.717) is 0 Å². The number of nitrogens with zero attached hydrogens (tertiary/aromatic N) is 2. The molecule has 0 bridgehead atoms. The molecule has 1 aromatic carbocycles. The minimum atomic E-state index is -0.402. The molecule has 22 heavy (non-hydrogen) atoms. The van der Waals surface area contributed by atoms with E-state index in [-0.39, 0.29) is 17.4 Å². The minimum Gasteiger partial charge on any atom is -0.387 e. The number of rotatable bonds is 1. The second kappa shape index (κ2) is 5.67. The Balaban J connectivity index is 1.63. The first-order chi connectivity index (χ1) is 10.4. The van der Waals surface area contributed by atoms with Crippen LogP contribution in [0.25, 0.3) is 0 Å². The van der Waals surface area contributed by atoms with Crippen molar-refractivity contribution < 1.29 is 9.90 Å². The molecule has 1 aromatic rings. The fraction of sp³-hybridized carbons (Fsp3) is 0.611. The molecule has 2 unspecified atom stereocenters. The van der Waals surface area contributed by atoms with Gasteiger partial charge in [-0.05, 0) is 17.5 Å². The second-order valence-corrected chi connectivity index (χ2v) is 7.49. The average Bonchev–Trinajstić information content (AvgIpc) is 2.83. The highest BCUT2D eigenvalue weighted by Crippen LogP contribution is 2.34. The number of hydrogen-bond donors (Lipinski definition) is 1. The SMILES string of the molecule is CC(C)(C)C(=O)N1CCN(C2Cc3ccccc3C2O)CC1. The Morgan fingerprint density at radius 3 is 2.36 bits per heavy atom. The molecule has 0 saturated carbocycles. The van der Waals surface area contributed by atoms with Crippen LogP contribution in [0.5, 0.6) is 0 Å². The first kappa shape index (κ1) is 15.5. The summed E-state index contributed by atoms with van der Waals surface area (Å²) >= 11 is 0. The van der Waals surface area contributed by atoms with Crippen molar-refractivity contribution in [2.24, 2.45) is 5.41 Å². The maximum atomic E-state index is 12.3. The predicted octanol–water partition coefficient (Wildman–Crippen LogP) is 1.83. The van der Waals surface area contributed by atoms with Gasteiger partial charge in [-0.15, -0.1) is 0 Å². The van der Waals surface area contributed by atoms with Gasteiger partial charge in [0, 0.05) is 37.6 Å². The molecular formula is C18H26N2O2. The van der Waals surface area contributed by atoms with Crippen LogP contribution in [0.4, 0.5) is 0 Å². The van der Waals surface area contributed by atoms with Gasteiger partial charge in [0.1, 0.15) is 0 Å². The first-order valence-corrected chi connectivity index (χ1v) is 8.17. The largest absolute Gasteiger partial charge is 0.387 e. The maximum Gasteiger partial charge on any atom is 0.228 e. The van der Waals surface area contributed by atoms with Gasteiger partial charge in [-0.2, -0.15) is 0 Å². The Bertz CT molecular complexity index is 556. The van der Waals surface area contributed by atoms with Crippen LogP contribution >= 0.6 is 0 Å². The van der Waals surface area contributed by atoms with Crippen LogP contribution < -0.4 is 0 Å². The molecule has 3 rings (SSSR count). The Morgan fingerprint density at radius 2 is 1.77 bits per heavy atom. The number of piperazine rings is 1. The summed E-state index contributed by atoms with van der Waals surface area (Å²) < 4.78 is 0. The van der Waals surface area contributed by atoms with Crippen LogP contribution in [-0.2, 0) is 11.2 Å². The highest BCUT2D eigenvalue weighted by Gasteiger charge is 2.37. The van der Waals surface area contributed by atoms with Crippen LogP contribution in [-0.4, -0.2) is 53.0 Å². The lowest BCUT2D eigenvalue weighted by Gasteiger charge is -2.41. The fourth-order valence-electron chi connectivity index (χ4n) is 3.61. The Hall–Kier alpha value is -1.39. The molecule has 1 heterocycles. The number of carbonyl (C=O) groups excluding carboxylic acids is 1. The molecule has 1 fully saturated rings. The normalized spacial score (nSPS) is 26.1. The number of benzene rings is 1. The third-order valence-electron chi connectivity index (χ3n) is 4.88. The van der Waals surface area contributed by atoms with E-state index < -0.39 is 6.10 Å². The van der Waals surface area contributed by atoms with E-state index in [1.54, 1.807) is 0 Å². The number of hydrogen-bond acceptors (Lipinski definition) is 3. The van der Waals surface area contributed by atoms with Gasteiger partial charge in [0.15, 0.2) is 0 Å². The number of fused-ring (bicyclic) bond motifs is 1. The minimum absolute atomic E-state index is 0.157. The van der Waals surface area contributed by atoms with Gasteiger partial charge in [-0.3, -0.25) is 9.69 Å². The third kappa shape index (κ3) is 2.77. The van der Waals surface area contributed by atoms with Crippen molar-refractivity contribution in [3.05, 3.63) is 35.4 Å². The van der Waals surface area contributed by atoms with E-state index in [2.05, 4.69) is 11.0 Å². The maximum absolute atomic E-state index is 12.3. The summed E-state index contributed by atoms with van der Waals surface area (Å²) in [7, 11) is 0. The van der Waals surface area contributed by atoms with E-state index >= 15 is 0 Å². The van der Waals surface area contributed by atoms with Gasteiger partial charge in [0.05, 0.1) is 6.10 Å². The van der Waals surface area contributed by atoms with Crippen molar-refractivity contribution in [3.8, 4) is 0 Å². The molecule has 1 N–H and O–H groups in total. The number of carbonyl (C=O) groups is 1. The van der Waals surface area contributed by atoms with E-state index in [1.165, 1.54) is 5.56 Å². The molecule has 2 atom stereocenters. The Morgan fingerprint density at radius 1 is 1.14 bits per heavy atom. The number of amides is 1. The zero-order valence-corrected chi connectivity index (χ0v) is 13.7. The van der Waals surface area contributed by atoms with Gasteiger partial charge in [0.25, 0.3) is 0 Å². The lowest BCUT2D eigenvalue weighted by molar-refractivity contribution is -0.141. The second-order valence-electron chi connectivity index (χ2n) is 7.49. The molecule has 1 aliphatic carbocycles. The van der Waals surface area contributed by atoms with Crippen molar-refractivity contribution in [1.29, 1.82) is 0 Å². The number of aliphatic hydroxyl groups is 1. The summed E-state index contributed by atoms with van der Waals surface area (Å²) in [5.41, 5.74) is 2.01. The van der Waals surface area contributed by atoms with E-state index in [4.69, 9.17) is 0 Å². The van der Waals surface area contributed by atoms with Gasteiger partial charge in [-0.1, -0.05) is 45.0 Å². The summed E-state index contributed by atoms with van der Waals surface area (Å²) in [4.78, 5) is 16.7. The van der Waals surface area contributed by atoms with Gasteiger partial charge < -0.3 is 10.0 Å². The molecular weight excluding hydrogens is 276 g/mol. The van der Waals surface area contributed by atoms with Gasteiger partial charge in [0.2, 0.25) is 5.91 Å². The van der Waals surface area contributed by atoms with Crippen LogP contribution in [0.1, 0.15) is 38.0 Å². The highest BCUT2D eigenvalue weighted by molar-refractivity contribution is 5.81. The van der Waals surface area contributed by atoms with Crippen LogP contribution in [0.2, 0.25) is 0 Å². The summed E-state index contributed by atoms with van der Waals surface area (Å²) in [5, 5.41) is 10.6. The quantitative estimate of drug-likeness (QED) is 0.861. The smallest absolute Gasteiger partial charge is 0.228 e. The third-order valence-corrected chi connectivity index (χ3v) is 4.88. The van der Waals surface area contributed by atoms with E-state index in [0.717, 1.165) is 38.2 Å². The van der Waals surface area contributed by atoms with Crippen molar-refractivity contribution in [3.63, 3.8) is 0 Å². The van der Waals surface area contributed by atoms with Crippen molar-refractivity contribution in [1.82, 2.24) is 9.80 Å². The van der Waals surface area contributed by atoms with Gasteiger partial charge in [-0.25, -0.2) is 0 Å². The molecule has 0 radical (unpaired) electrons. The zero-order chi connectivity index (χ0) is 15.9. The van der Waals surface area contributed by atoms with E-state index in [9.17, 15) is 9.90 Å². The molecule has 0 aromatic heterocycles. The molecule has 120 valence electrons. The number of aliphatic hydroxyl groups excluding tert-OH is 1.